The number of halogens is 3. The van der Waals surface area contributed by atoms with Crippen LogP contribution in [0.15, 0.2) is 54.9 Å². The molecule has 148 valence electrons. The van der Waals surface area contributed by atoms with Gasteiger partial charge < -0.3 is 19.6 Å². The molecule has 11 heteroatoms. The van der Waals surface area contributed by atoms with Crippen molar-refractivity contribution in [3.63, 3.8) is 0 Å². The van der Waals surface area contributed by atoms with E-state index < -0.39 is 18.1 Å². The number of carboxylic acid groups (broad SMARTS) is 1. The highest BCUT2D eigenvalue weighted by Gasteiger charge is 2.33. The van der Waals surface area contributed by atoms with E-state index in [1.165, 1.54) is 12.3 Å². The Labute approximate surface area is 160 Å². The topological polar surface area (TPSA) is 102 Å². The van der Waals surface area contributed by atoms with Crippen LogP contribution in [-0.4, -0.2) is 37.2 Å². The smallest absolute Gasteiger partial charge is 0.478 e. The number of H-pyrrole nitrogens is 1. The number of carboxylic acids is 1. The number of fused-ring (bicyclic) bond motifs is 1. The number of ether oxygens (including phenoxy) is 2. The molecule has 0 bridgehead atoms. The Bertz CT molecular complexity index is 1190. The van der Waals surface area contributed by atoms with Crippen LogP contribution in [0.3, 0.4) is 0 Å². The zero-order chi connectivity index (χ0) is 20.6. The number of aromatic nitrogens is 4. The molecule has 0 atom stereocenters. The molecule has 0 aliphatic carbocycles. The van der Waals surface area contributed by atoms with Crippen molar-refractivity contribution in [3.05, 3.63) is 60.4 Å². The normalized spacial score (nSPS) is 11.6. The predicted octanol–water partition coefficient (Wildman–Crippen LogP) is 4.14. The minimum atomic E-state index is -4.93. The van der Waals surface area contributed by atoms with Crippen LogP contribution in [0.25, 0.3) is 17.0 Å². The lowest BCUT2D eigenvalue weighted by Crippen LogP contribution is -2.17. The van der Waals surface area contributed by atoms with Crippen LogP contribution >= 0.6 is 0 Å². The van der Waals surface area contributed by atoms with Crippen molar-refractivity contribution in [2.24, 2.45) is 0 Å². The van der Waals surface area contributed by atoms with Crippen LogP contribution in [0.4, 0.5) is 13.2 Å². The number of aromatic amines is 1. The highest BCUT2D eigenvalue weighted by atomic mass is 19.4. The second-order valence-corrected chi connectivity index (χ2v) is 5.82. The number of aromatic carboxylic acids is 1. The number of hydrogen-bond acceptors (Lipinski definition) is 5. The van der Waals surface area contributed by atoms with Gasteiger partial charge >= 0.3 is 12.3 Å². The molecule has 0 spiro atoms. The predicted molar refractivity (Wildman–Crippen MR) is 93.4 cm³/mol. The van der Waals surface area contributed by atoms with Crippen LogP contribution in [0.2, 0.25) is 0 Å². The van der Waals surface area contributed by atoms with Gasteiger partial charge in [-0.25, -0.2) is 14.5 Å². The molecule has 0 unspecified atom stereocenters. The van der Waals surface area contributed by atoms with Crippen LogP contribution in [0.5, 0.6) is 17.2 Å². The van der Waals surface area contributed by atoms with Gasteiger partial charge in [-0.3, -0.25) is 0 Å². The lowest BCUT2D eigenvalue weighted by Gasteiger charge is -2.14. The van der Waals surface area contributed by atoms with Crippen LogP contribution < -0.4 is 9.47 Å². The number of para-hydroxylation sites is 1. The summed E-state index contributed by atoms with van der Waals surface area (Å²) in [6, 6.07) is 10.6. The summed E-state index contributed by atoms with van der Waals surface area (Å²) in [7, 11) is 0. The van der Waals surface area contributed by atoms with Gasteiger partial charge in [-0.15, -0.1) is 13.2 Å². The van der Waals surface area contributed by atoms with Gasteiger partial charge in [0.15, 0.2) is 11.5 Å². The Morgan fingerprint density at radius 1 is 1.14 bits per heavy atom. The van der Waals surface area contributed by atoms with E-state index in [2.05, 4.69) is 19.8 Å². The van der Waals surface area contributed by atoms with Crippen molar-refractivity contribution in [1.29, 1.82) is 0 Å². The van der Waals surface area contributed by atoms with E-state index in [1.807, 2.05) is 0 Å². The number of carbonyl (C=O) groups is 1. The SMILES string of the molecule is O=C(O)c1cnn(-c2nc3cc(OC(F)(F)F)c(Oc4ccccc4)cc3[nH]2)c1. The monoisotopic (exact) mass is 404 g/mol. The molecule has 4 aromatic rings. The Kier molecular flexibility index (Phi) is 4.34. The first-order valence-corrected chi connectivity index (χ1v) is 8.09. The number of nitrogens with zero attached hydrogens (tertiary/aromatic N) is 3. The molecule has 2 N–H and O–H groups in total. The summed E-state index contributed by atoms with van der Waals surface area (Å²) in [5.74, 6) is -1.49. The molecule has 0 aliphatic heterocycles. The fraction of sp³-hybridized carbons (Fsp3) is 0.0556. The zero-order valence-corrected chi connectivity index (χ0v) is 14.3. The summed E-state index contributed by atoms with van der Waals surface area (Å²) in [5.41, 5.74) is 0.416. The minimum Gasteiger partial charge on any atom is -0.478 e. The molecule has 2 aromatic carbocycles. The molecule has 0 radical (unpaired) electrons. The maximum Gasteiger partial charge on any atom is 0.573 e. The van der Waals surface area contributed by atoms with Gasteiger partial charge in [-0.05, 0) is 12.1 Å². The van der Waals surface area contributed by atoms with Crippen molar-refractivity contribution in [2.75, 3.05) is 0 Å². The fourth-order valence-electron chi connectivity index (χ4n) is 2.56. The number of imidazole rings is 1. The summed E-state index contributed by atoms with van der Waals surface area (Å²) in [5, 5.41) is 12.9. The average Bonchev–Trinajstić information content (AvgIpc) is 3.28. The summed E-state index contributed by atoms with van der Waals surface area (Å²) in [4.78, 5) is 18.0. The quantitative estimate of drug-likeness (QED) is 0.518. The summed E-state index contributed by atoms with van der Waals surface area (Å²) < 4.78 is 49.3. The fourth-order valence-corrected chi connectivity index (χ4v) is 2.56. The maximum atomic E-state index is 12.8. The first kappa shape index (κ1) is 18.3. The van der Waals surface area contributed by atoms with E-state index in [4.69, 9.17) is 9.84 Å². The number of alkyl halides is 3. The molecular weight excluding hydrogens is 393 g/mol. The Hall–Kier alpha value is -4.02. The zero-order valence-electron chi connectivity index (χ0n) is 14.3. The standard InChI is InChI=1S/C18H11F3N4O4/c19-18(20,21)29-15-7-13-12(6-14(15)28-11-4-2-1-3-5-11)23-17(24-13)25-9-10(8-22-25)16(26)27/h1-9H,(H,23,24)(H,26,27). The number of hydrogen-bond donors (Lipinski definition) is 2. The molecule has 4 rings (SSSR count). The number of nitrogens with one attached hydrogen (secondary N) is 1. The Morgan fingerprint density at radius 3 is 2.55 bits per heavy atom. The molecule has 0 aliphatic rings. The lowest BCUT2D eigenvalue weighted by atomic mass is 10.2. The highest BCUT2D eigenvalue weighted by molar-refractivity contribution is 5.87. The van der Waals surface area contributed by atoms with Crippen molar-refractivity contribution in [3.8, 4) is 23.2 Å². The molecule has 0 saturated heterocycles. The van der Waals surface area contributed by atoms with Gasteiger partial charge in [0.1, 0.15) is 5.75 Å². The van der Waals surface area contributed by atoms with E-state index >= 15 is 0 Å². The maximum absolute atomic E-state index is 12.8. The largest absolute Gasteiger partial charge is 0.573 e. The van der Waals surface area contributed by atoms with E-state index in [0.717, 1.165) is 16.9 Å². The first-order chi connectivity index (χ1) is 13.8. The Morgan fingerprint density at radius 2 is 1.90 bits per heavy atom. The van der Waals surface area contributed by atoms with Gasteiger partial charge in [0.2, 0.25) is 5.95 Å². The van der Waals surface area contributed by atoms with Gasteiger partial charge in [-0.1, -0.05) is 18.2 Å². The van der Waals surface area contributed by atoms with Crippen molar-refractivity contribution >= 4 is 17.0 Å². The third-order valence-corrected chi connectivity index (χ3v) is 3.78. The molecule has 0 saturated carbocycles. The summed E-state index contributed by atoms with van der Waals surface area (Å²) in [6.45, 7) is 0. The highest BCUT2D eigenvalue weighted by Crippen LogP contribution is 2.38. The molecule has 0 fully saturated rings. The van der Waals surface area contributed by atoms with E-state index in [-0.39, 0.29) is 22.8 Å². The van der Waals surface area contributed by atoms with Crippen LogP contribution in [-0.2, 0) is 0 Å². The Balaban J connectivity index is 1.77. The third-order valence-electron chi connectivity index (χ3n) is 3.78. The second kappa shape index (κ2) is 6.86. The molecule has 2 heterocycles. The van der Waals surface area contributed by atoms with Gasteiger partial charge in [0, 0.05) is 18.3 Å². The van der Waals surface area contributed by atoms with Gasteiger partial charge in [-0.2, -0.15) is 5.10 Å². The first-order valence-electron chi connectivity index (χ1n) is 8.09. The number of rotatable bonds is 5. The summed E-state index contributed by atoms with van der Waals surface area (Å²) in [6.07, 6.45) is -2.59. The van der Waals surface area contributed by atoms with E-state index in [0.29, 0.717) is 11.3 Å². The van der Waals surface area contributed by atoms with Crippen molar-refractivity contribution < 1.29 is 32.5 Å². The molecule has 29 heavy (non-hydrogen) atoms. The molecular formula is C18H11F3N4O4. The van der Waals surface area contributed by atoms with Crippen molar-refractivity contribution in [2.45, 2.75) is 6.36 Å². The minimum absolute atomic E-state index is 0.0698. The van der Waals surface area contributed by atoms with E-state index in [9.17, 15) is 18.0 Å². The third kappa shape index (κ3) is 3.98. The van der Waals surface area contributed by atoms with Crippen LogP contribution in [0, 0.1) is 0 Å². The van der Waals surface area contributed by atoms with Crippen molar-refractivity contribution in [1.82, 2.24) is 19.7 Å². The van der Waals surface area contributed by atoms with Gasteiger partial charge in [0.05, 0.1) is 22.8 Å². The average molecular weight is 404 g/mol. The second-order valence-electron chi connectivity index (χ2n) is 5.82. The lowest BCUT2D eigenvalue weighted by molar-refractivity contribution is -0.275. The molecule has 8 nitrogen and oxygen atoms in total. The van der Waals surface area contributed by atoms with Gasteiger partial charge in [0.25, 0.3) is 0 Å². The van der Waals surface area contributed by atoms with Crippen LogP contribution in [0.1, 0.15) is 10.4 Å². The van der Waals surface area contributed by atoms with E-state index in [1.54, 1.807) is 30.3 Å². The number of benzene rings is 2. The summed E-state index contributed by atoms with van der Waals surface area (Å²) >= 11 is 0. The molecule has 2 aromatic heterocycles. The molecule has 0 amide bonds.